The van der Waals surface area contributed by atoms with Crippen molar-refractivity contribution in [3.8, 4) is 11.6 Å². The first-order valence-corrected chi connectivity index (χ1v) is 6.61. The highest BCUT2D eigenvalue weighted by Gasteiger charge is 2.01. The second-order valence-electron chi connectivity index (χ2n) is 4.64. The fourth-order valence-corrected chi connectivity index (χ4v) is 2.17. The van der Waals surface area contributed by atoms with E-state index in [1.807, 2.05) is 43.4 Å². The quantitative estimate of drug-likeness (QED) is 0.779. The molecular weight excluding hydrogens is 248 g/mol. The first kappa shape index (κ1) is 12.6. The van der Waals surface area contributed by atoms with Crippen LogP contribution < -0.4 is 10.1 Å². The van der Waals surface area contributed by atoms with Gasteiger partial charge in [-0.2, -0.15) is 0 Å². The molecule has 3 aromatic rings. The molecule has 3 rings (SSSR count). The first-order chi connectivity index (χ1) is 9.85. The van der Waals surface area contributed by atoms with Crippen LogP contribution in [0.4, 0.5) is 0 Å². The van der Waals surface area contributed by atoms with Gasteiger partial charge in [-0.05, 0) is 41.6 Å². The van der Waals surface area contributed by atoms with Crippen LogP contribution in [0.25, 0.3) is 10.8 Å². The Balaban J connectivity index is 1.87. The molecule has 0 radical (unpaired) electrons. The van der Waals surface area contributed by atoms with Gasteiger partial charge in [0, 0.05) is 18.8 Å². The molecule has 0 saturated heterocycles. The zero-order valence-electron chi connectivity index (χ0n) is 11.3. The highest BCUT2D eigenvalue weighted by molar-refractivity contribution is 5.83. The van der Waals surface area contributed by atoms with Crippen LogP contribution in [0.1, 0.15) is 5.56 Å². The molecule has 2 aromatic carbocycles. The molecule has 0 aliphatic heterocycles. The van der Waals surface area contributed by atoms with Crippen molar-refractivity contribution >= 4 is 10.8 Å². The molecule has 0 unspecified atom stereocenters. The van der Waals surface area contributed by atoms with E-state index in [1.165, 1.54) is 5.39 Å². The molecule has 0 atom stereocenters. The summed E-state index contributed by atoms with van der Waals surface area (Å²) in [5.74, 6) is 1.42. The van der Waals surface area contributed by atoms with Gasteiger partial charge in [-0.25, -0.2) is 4.98 Å². The highest BCUT2D eigenvalue weighted by Crippen LogP contribution is 2.24. The van der Waals surface area contributed by atoms with Crippen LogP contribution in [0.2, 0.25) is 0 Å². The standard InChI is InChI=1S/C17H16N2O/c1-18-12-13-8-9-19-17(10-13)20-16-7-6-14-4-2-3-5-15(14)11-16/h2-11,18H,12H2,1H3. The van der Waals surface area contributed by atoms with Crippen LogP contribution in [0, 0.1) is 0 Å². The summed E-state index contributed by atoms with van der Waals surface area (Å²) in [7, 11) is 1.92. The maximum absolute atomic E-state index is 5.83. The summed E-state index contributed by atoms with van der Waals surface area (Å²) in [6.45, 7) is 0.802. The summed E-state index contributed by atoms with van der Waals surface area (Å²) in [4.78, 5) is 4.25. The van der Waals surface area contributed by atoms with Gasteiger partial charge in [-0.15, -0.1) is 0 Å². The van der Waals surface area contributed by atoms with Crippen LogP contribution in [0.3, 0.4) is 0 Å². The fourth-order valence-electron chi connectivity index (χ4n) is 2.17. The number of hydrogen-bond donors (Lipinski definition) is 1. The van der Waals surface area contributed by atoms with Gasteiger partial charge in [0.25, 0.3) is 0 Å². The Morgan fingerprint density at radius 2 is 1.85 bits per heavy atom. The van der Waals surface area contributed by atoms with Crippen molar-refractivity contribution in [3.63, 3.8) is 0 Å². The topological polar surface area (TPSA) is 34.2 Å². The molecule has 0 aliphatic carbocycles. The fraction of sp³-hybridized carbons (Fsp3) is 0.118. The number of hydrogen-bond acceptors (Lipinski definition) is 3. The number of benzene rings is 2. The molecule has 1 aromatic heterocycles. The van der Waals surface area contributed by atoms with Gasteiger partial charge >= 0.3 is 0 Å². The van der Waals surface area contributed by atoms with Crippen LogP contribution >= 0.6 is 0 Å². The van der Waals surface area contributed by atoms with Gasteiger partial charge in [0.2, 0.25) is 5.88 Å². The smallest absolute Gasteiger partial charge is 0.219 e. The average molecular weight is 264 g/mol. The summed E-state index contributed by atoms with van der Waals surface area (Å²) < 4.78 is 5.83. The Hall–Kier alpha value is -2.39. The number of pyridine rings is 1. The third-order valence-electron chi connectivity index (χ3n) is 3.12. The molecule has 3 nitrogen and oxygen atoms in total. The molecule has 0 fully saturated rings. The Labute approximate surface area is 118 Å². The molecule has 0 saturated carbocycles. The molecule has 0 amide bonds. The molecule has 1 heterocycles. The zero-order chi connectivity index (χ0) is 13.8. The van der Waals surface area contributed by atoms with Crippen molar-refractivity contribution in [2.45, 2.75) is 6.54 Å². The number of rotatable bonds is 4. The van der Waals surface area contributed by atoms with Crippen molar-refractivity contribution in [3.05, 3.63) is 66.4 Å². The van der Waals surface area contributed by atoms with E-state index in [4.69, 9.17) is 4.74 Å². The van der Waals surface area contributed by atoms with Crippen LogP contribution in [-0.2, 0) is 6.54 Å². The first-order valence-electron chi connectivity index (χ1n) is 6.61. The largest absolute Gasteiger partial charge is 0.439 e. The van der Waals surface area contributed by atoms with E-state index in [0.717, 1.165) is 23.2 Å². The van der Waals surface area contributed by atoms with Gasteiger partial charge in [-0.1, -0.05) is 30.3 Å². The maximum atomic E-state index is 5.83. The van der Waals surface area contributed by atoms with Gasteiger partial charge in [0.15, 0.2) is 0 Å². The number of nitrogens with one attached hydrogen (secondary N) is 1. The van der Waals surface area contributed by atoms with E-state index in [0.29, 0.717) is 5.88 Å². The minimum atomic E-state index is 0.619. The summed E-state index contributed by atoms with van der Waals surface area (Å²) >= 11 is 0. The number of nitrogens with zero attached hydrogens (tertiary/aromatic N) is 1. The normalized spacial score (nSPS) is 10.7. The summed E-state index contributed by atoms with van der Waals surface area (Å²) in [5.41, 5.74) is 1.15. The Morgan fingerprint density at radius 3 is 2.70 bits per heavy atom. The van der Waals surface area contributed by atoms with Crippen LogP contribution in [-0.4, -0.2) is 12.0 Å². The van der Waals surface area contributed by atoms with Crippen molar-refractivity contribution in [2.24, 2.45) is 0 Å². The van der Waals surface area contributed by atoms with Crippen molar-refractivity contribution in [1.82, 2.24) is 10.3 Å². The lowest BCUT2D eigenvalue weighted by atomic mass is 10.1. The Kier molecular flexibility index (Phi) is 3.61. The minimum Gasteiger partial charge on any atom is -0.439 e. The monoisotopic (exact) mass is 264 g/mol. The third-order valence-corrected chi connectivity index (χ3v) is 3.12. The molecule has 100 valence electrons. The Morgan fingerprint density at radius 1 is 1.00 bits per heavy atom. The zero-order valence-corrected chi connectivity index (χ0v) is 11.3. The Bertz CT molecular complexity index is 725. The predicted molar refractivity (Wildman–Crippen MR) is 81.0 cm³/mol. The second-order valence-corrected chi connectivity index (χ2v) is 4.64. The van der Waals surface area contributed by atoms with E-state index < -0.39 is 0 Å². The van der Waals surface area contributed by atoms with Crippen molar-refractivity contribution in [1.29, 1.82) is 0 Å². The maximum Gasteiger partial charge on any atom is 0.219 e. The van der Waals surface area contributed by atoms with Gasteiger partial charge < -0.3 is 10.1 Å². The summed E-state index contributed by atoms with van der Waals surface area (Å²) in [6.07, 6.45) is 1.77. The molecule has 1 N–H and O–H groups in total. The van der Waals surface area contributed by atoms with E-state index in [2.05, 4.69) is 28.5 Å². The predicted octanol–water partition coefficient (Wildman–Crippen LogP) is 3.75. The van der Waals surface area contributed by atoms with E-state index in [9.17, 15) is 0 Å². The van der Waals surface area contributed by atoms with E-state index in [1.54, 1.807) is 6.20 Å². The molecular formula is C17H16N2O. The SMILES string of the molecule is CNCc1ccnc(Oc2ccc3ccccc3c2)c1. The van der Waals surface area contributed by atoms with E-state index in [-0.39, 0.29) is 0 Å². The highest BCUT2D eigenvalue weighted by atomic mass is 16.5. The van der Waals surface area contributed by atoms with Crippen LogP contribution in [0.15, 0.2) is 60.8 Å². The second kappa shape index (κ2) is 5.72. The van der Waals surface area contributed by atoms with E-state index >= 15 is 0 Å². The molecule has 20 heavy (non-hydrogen) atoms. The van der Waals surface area contributed by atoms with Crippen LogP contribution in [0.5, 0.6) is 11.6 Å². The van der Waals surface area contributed by atoms with Gasteiger partial charge in [0.05, 0.1) is 0 Å². The van der Waals surface area contributed by atoms with Crippen molar-refractivity contribution in [2.75, 3.05) is 7.05 Å². The molecule has 0 bridgehead atoms. The third kappa shape index (κ3) is 2.78. The lowest BCUT2D eigenvalue weighted by molar-refractivity contribution is 0.462. The summed E-state index contributed by atoms with van der Waals surface area (Å²) in [5, 5.41) is 5.48. The molecule has 0 spiro atoms. The van der Waals surface area contributed by atoms with Gasteiger partial charge in [-0.3, -0.25) is 0 Å². The van der Waals surface area contributed by atoms with Gasteiger partial charge in [0.1, 0.15) is 5.75 Å². The molecule has 3 heteroatoms. The van der Waals surface area contributed by atoms with Crippen molar-refractivity contribution < 1.29 is 4.74 Å². The minimum absolute atomic E-state index is 0.619. The molecule has 0 aliphatic rings. The lowest BCUT2D eigenvalue weighted by Crippen LogP contribution is -2.05. The number of ether oxygens (including phenoxy) is 1. The number of fused-ring (bicyclic) bond motifs is 1. The average Bonchev–Trinajstić information content (AvgIpc) is 2.48. The lowest BCUT2D eigenvalue weighted by Gasteiger charge is -2.07. The number of aromatic nitrogens is 1. The summed E-state index contributed by atoms with van der Waals surface area (Å²) in [6, 6.07) is 18.2.